The van der Waals surface area contributed by atoms with Crippen molar-refractivity contribution < 1.29 is 24.2 Å². The second-order valence-corrected chi connectivity index (χ2v) is 9.89. The average molecular weight is 495 g/mol. The van der Waals surface area contributed by atoms with Gasteiger partial charge in [-0.2, -0.15) is 5.10 Å². The number of benzene rings is 2. The van der Waals surface area contributed by atoms with E-state index in [-0.39, 0.29) is 18.9 Å². The summed E-state index contributed by atoms with van der Waals surface area (Å²) in [6.07, 6.45) is 2.06. The third-order valence-corrected chi connectivity index (χ3v) is 5.83. The van der Waals surface area contributed by atoms with E-state index < -0.39 is 17.7 Å². The molecule has 1 unspecified atom stereocenters. The van der Waals surface area contributed by atoms with Crippen LogP contribution >= 0.6 is 0 Å². The molecule has 0 aliphatic carbocycles. The molecule has 9 nitrogen and oxygen atoms in total. The van der Waals surface area contributed by atoms with Crippen LogP contribution < -0.4 is 5.43 Å². The van der Waals surface area contributed by atoms with E-state index >= 15 is 0 Å². The molecule has 1 aliphatic heterocycles. The van der Waals surface area contributed by atoms with Crippen LogP contribution in [0.3, 0.4) is 0 Å². The molecular formula is C27H34N4O5. The maximum Gasteiger partial charge on any atom is 0.415 e. The van der Waals surface area contributed by atoms with E-state index in [1.165, 1.54) is 16.8 Å². The van der Waals surface area contributed by atoms with Gasteiger partial charge in [0, 0.05) is 25.6 Å². The van der Waals surface area contributed by atoms with E-state index in [0.717, 1.165) is 29.7 Å². The second-order valence-electron chi connectivity index (χ2n) is 9.89. The molecular weight excluding hydrogens is 460 g/mol. The minimum atomic E-state index is -0.789. The maximum atomic E-state index is 12.6. The third-order valence-electron chi connectivity index (χ3n) is 5.83. The number of carbonyl (C=O) groups excluding carboxylic acids is 2. The lowest BCUT2D eigenvalue weighted by Crippen LogP contribution is -2.36. The first-order valence-electron chi connectivity index (χ1n) is 12.0. The fourth-order valence-corrected chi connectivity index (χ4v) is 4.28. The summed E-state index contributed by atoms with van der Waals surface area (Å²) in [5.41, 5.74) is 5.80. The molecule has 0 saturated heterocycles. The standard InChI is InChI=1S/C27H34N4O5/c1-27(2,3)36-26(35)31(18-28-29-19-32)16-21-10-8-20(9-11-21)15-30-13-12-22-6-4-5-7-24(22)23(17-30)14-25(33)34/h4-11,18-19,23H,12-17H2,1-3H3,(H,29,32)(H,33,34). The van der Waals surface area contributed by atoms with Gasteiger partial charge in [-0.1, -0.05) is 48.5 Å². The summed E-state index contributed by atoms with van der Waals surface area (Å²) >= 11 is 0. The molecule has 2 aromatic rings. The zero-order chi connectivity index (χ0) is 26.1. The number of rotatable bonds is 9. The van der Waals surface area contributed by atoms with Crippen LogP contribution in [0.1, 0.15) is 55.4 Å². The average Bonchev–Trinajstić information content (AvgIpc) is 2.97. The van der Waals surface area contributed by atoms with Crippen molar-refractivity contribution in [3.8, 4) is 0 Å². The summed E-state index contributed by atoms with van der Waals surface area (Å²) in [6.45, 7) is 7.78. The van der Waals surface area contributed by atoms with Crippen LogP contribution in [0.2, 0.25) is 0 Å². The van der Waals surface area contributed by atoms with Crippen LogP contribution in [-0.4, -0.2) is 58.4 Å². The highest BCUT2D eigenvalue weighted by atomic mass is 16.6. The largest absolute Gasteiger partial charge is 0.481 e. The first kappa shape index (κ1) is 26.9. The Labute approximate surface area is 211 Å². The lowest BCUT2D eigenvalue weighted by molar-refractivity contribution is -0.137. The number of ether oxygens (including phenoxy) is 1. The Morgan fingerprint density at radius 1 is 1.17 bits per heavy atom. The Hall–Kier alpha value is -3.72. The number of aliphatic carboxylic acids is 1. The third kappa shape index (κ3) is 8.20. The number of amides is 2. The molecule has 36 heavy (non-hydrogen) atoms. The molecule has 0 aromatic heterocycles. The van der Waals surface area contributed by atoms with Gasteiger partial charge in [0.1, 0.15) is 11.9 Å². The van der Waals surface area contributed by atoms with Crippen molar-refractivity contribution in [3.05, 3.63) is 70.8 Å². The number of carboxylic acids is 1. The molecule has 2 amide bonds. The lowest BCUT2D eigenvalue weighted by Gasteiger charge is -2.25. The molecule has 1 heterocycles. The summed E-state index contributed by atoms with van der Waals surface area (Å²) in [6, 6.07) is 16.0. The summed E-state index contributed by atoms with van der Waals surface area (Å²) in [4.78, 5) is 38.2. The Bertz CT molecular complexity index is 1080. The number of fused-ring (bicyclic) bond motifs is 1. The molecule has 1 atom stereocenters. The molecule has 192 valence electrons. The van der Waals surface area contributed by atoms with Crippen LogP contribution in [0.25, 0.3) is 0 Å². The molecule has 0 fully saturated rings. The SMILES string of the molecule is CC(C)(C)OC(=O)N(C=NNC=O)Cc1ccc(CN2CCc3ccccc3C(CC(=O)O)C2)cc1. The molecule has 2 aromatic carbocycles. The minimum absolute atomic E-state index is 0.0536. The van der Waals surface area contributed by atoms with Crippen molar-refractivity contribution in [1.82, 2.24) is 15.2 Å². The van der Waals surface area contributed by atoms with Gasteiger partial charge in [-0.3, -0.25) is 19.4 Å². The van der Waals surface area contributed by atoms with Gasteiger partial charge < -0.3 is 9.84 Å². The summed E-state index contributed by atoms with van der Waals surface area (Å²) in [7, 11) is 0. The molecule has 0 spiro atoms. The maximum absolute atomic E-state index is 12.6. The van der Waals surface area contributed by atoms with Crippen LogP contribution in [-0.2, 0) is 33.8 Å². The second kappa shape index (κ2) is 12.3. The number of nitrogens with one attached hydrogen (secondary N) is 1. The first-order valence-corrected chi connectivity index (χ1v) is 12.0. The molecule has 3 rings (SSSR count). The highest BCUT2D eigenvalue weighted by molar-refractivity contribution is 5.82. The number of carboxylic acid groups (broad SMARTS) is 1. The fraction of sp³-hybridized carbons (Fsp3) is 0.407. The zero-order valence-electron chi connectivity index (χ0n) is 21.0. The number of hydrazone groups is 1. The topological polar surface area (TPSA) is 112 Å². The van der Waals surface area contributed by atoms with Gasteiger partial charge in [-0.15, -0.1) is 0 Å². The van der Waals surface area contributed by atoms with Crippen LogP contribution in [0.5, 0.6) is 0 Å². The van der Waals surface area contributed by atoms with E-state index in [4.69, 9.17) is 4.74 Å². The minimum Gasteiger partial charge on any atom is -0.481 e. The van der Waals surface area contributed by atoms with Crippen molar-refractivity contribution in [2.45, 2.75) is 58.2 Å². The summed E-state index contributed by atoms with van der Waals surface area (Å²) in [5.74, 6) is -0.843. The molecule has 0 bridgehead atoms. The molecule has 0 saturated carbocycles. The zero-order valence-corrected chi connectivity index (χ0v) is 21.0. The number of hydrogen-bond donors (Lipinski definition) is 2. The van der Waals surface area contributed by atoms with Gasteiger partial charge in [0.05, 0.1) is 13.0 Å². The number of carbonyl (C=O) groups is 3. The number of hydrogen-bond acceptors (Lipinski definition) is 6. The Balaban J connectivity index is 1.68. The van der Waals surface area contributed by atoms with E-state index in [1.54, 1.807) is 20.8 Å². The Morgan fingerprint density at radius 3 is 2.53 bits per heavy atom. The molecule has 2 N–H and O–H groups in total. The van der Waals surface area contributed by atoms with Gasteiger partial charge in [0.15, 0.2) is 0 Å². The van der Waals surface area contributed by atoms with Gasteiger partial charge in [0.2, 0.25) is 6.41 Å². The van der Waals surface area contributed by atoms with Crippen LogP contribution in [0.4, 0.5) is 4.79 Å². The predicted molar refractivity (Wildman–Crippen MR) is 136 cm³/mol. The van der Waals surface area contributed by atoms with Crippen molar-refractivity contribution >= 4 is 24.8 Å². The van der Waals surface area contributed by atoms with E-state index in [2.05, 4.69) is 21.5 Å². The smallest absolute Gasteiger partial charge is 0.415 e. The van der Waals surface area contributed by atoms with E-state index in [0.29, 0.717) is 19.5 Å². The first-order chi connectivity index (χ1) is 17.1. The molecule has 1 aliphatic rings. The van der Waals surface area contributed by atoms with E-state index in [9.17, 15) is 19.5 Å². The fourth-order valence-electron chi connectivity index (χ4n) is 4.28. The number of nitrogens with zero attached hydrogens (tertiary/aromatic N) is 3. The lowest BCUT2D eigenvalue weighted by atomic mass is 9.91. The summed E-state index contributed by atoms with van der Waals surface area (Å²) in [5, 5.41) is 13.2. The van der Waals surface area contributed by atoms with Crippen LogP contribution in [0, 0.1) is 0 Å². The van der Waals surface area contributed by atoms with Gasteiger partial charge >= 0.3 is 12.1 Å². The highest BCUT2D eigenvalue weighted by Gasteiger charge is 2.25. The Kier molecular flexibility index (Phi) is 9.19. The predicted octanol–water partition coefficient (Wildman–Crippen LogP) is 3.73. The quantitative estimate of drug-likeness (QED) is 0.238. The molecule has 0 radical (unpaired) electrons. The van der Waals surface area contributed by atoms with E-state index in [1.807, 2.05) is 42.5 Å². The van der Waals surface area contributed by atoms with Crippen LogP contribution in [0.15, 0.2) is 53.6 Å². The van der Waals surface area contributed by atoms with Crippen molar-refractivity contribution in [1.29, 1.82) is 0 Å². The van der Waals surface area contributed by atoms with Gasteiger partial charge in [-0.25, -0.2) is 10.2 Å². The Morgan fingerprint density at radius 2 is 1.86 bits per heavy atom. The van der Waals surface area contributed by atoms with Crippen molar-refractivity contribution in [3.63, 3.8) is 0 Å². The van der Waals surface area contributed by atoms with Crippen molar-refractivity contribution in [2.75, 3.05) is 13.1 Å². The van der Waals surface area contributed by atoms with Gasteiger partial charge in [0.25, 0.3) is 0 Å². The normalized spacial score (nSPS) is 16.1. The van der Waals surface area contributed by atoms with Gasteiger partial charge in [-0.05, 0) is 49.4 Å². The van der Waals surface area contributed by atoms with Crippen molar-refractivity contribution in [2.24, 2.45) is 5.10 Å². The highest BCUT2D eigenvalue weighted by Crippen LogP contribution is 2.29. The summed E-state index contributed by atoms with van der Waals surface area (Å²) < 4.78 is 5.43. The molecule has 9 heteroatoms. The monoisotopic (exact) mass is 494 g/mol.